The molecule has 192 valence electrons. The molecule has 0 bridgehead atoms. The highest BCUT2D eigenvalue weighted by atomic mass is 19.1. The van der Waals surface area contributed by atoms with Crippen LogP contribution >= 0.6 is 0 Å². The summed E-state index contributed by atoms with van der Waals surface area (Å²) in [5, 5.41) is 7.32. The van der Waals surface area contributed by atoms with Crippen molar-refractivity contribution in [2.24, 2.45) is 17.2 Å². The summed E-state index contributed by atoms with van der Waals surface area (Å²) in [6.07, 6.45) is 3.91. The van der Waals surface area contributed by atoms with Crippen LogP contribution in [0.3, 0.4) is 0 Å². The van der Waals surface area contributed by atoms with Crippen molar-refractivity contribution in [1.29, 1.82) is 0 Å². The van der Waals surface area contributed by atoms with Gasteiger partial charge < -0.3 is 33.2 Å². The van der Waals surface area contributed by atoms with Crippen LogP contribution in [0.1, 0.15) is 44.6 Å². The summed E-state index contributed by atoms with van der Waals surface area (Å²) in [6.45, 7) is 1.85. The van der Waals surface area contributed by atoms with Crippen LogP contribution in [0.25, 0.3) is 6.08 Å². The summed E-state index contributed by atoms with van der Waals surface area (Å²) in [4.78, 5) is 59.9. The van der Waals surface area contributed by atoms with Crippen molar-refractivity contribution in [3.63, 3.8) is 0 Å². The van der Waals surface area contributed by atoms with E-state index in [1.165, 1.54) is 43.3 Å². The molecule has 9 N–H and O–H groups in total. The molecule has 3 atom stereocenters. The zero-order valence-electron chi connectivity index (χ0n) is 19.6. The second kappa shape index (κ2) is 15.2. The van der Waals surface area contributed by atoms with Gasteiger partial charge in [-0.3, -0.25) is 24.0 Å². The predicted octanol–water partition coefficient (Wildman–Crippen LogP) is -0.807. The van der Waals surface area contributed by atoms with E-state index in [-0.39, 0.29) is 12.8 Å². The van der Waals surface area contributed by atoms with Crippen LogP contribution in [0.15, 0.2) is 30.3 Å². The van der Waals surface area contributed by atoms with E-state index in [1.54, 1.807) is 0 Å². The predicted molar refractivity (Wildman–Crippen MR) is 127 cm³/mol. The van der Waals surface area contributed by atoms with Crippen LogP contribution in [-0.4, -0.2) is 54.2 Å². The molecule has 0 saturated carbocycles. The average molecular weight is 493 g/mol. The Morgan fingerprint density at radius 3 is 2.09 bits per heavy atom. The first-order chi connectivity index (χ1) is 16.5. The maximum Gasteiger partial charge on any atom is 0.244 e. The molecule has 0 aliphatic carbocycles. The minimum Gasteiger partial charge on any atom is -0.368 e. The zero-order valence-corrected chi connectivity index (χ0v) is 19.6. The molecule has 35 heavy (non-hydrogen) atoms. The fraction of sp³-hybridized carbons (Fsp3) is 0.435. The van der Waals surface area contributed by atoms with Gasteiger partial charge in [0.15, 0.2) is 0 Å². The molecule has 0 aliphatic rings. The van der Waals surface area contributed by atoms with Crippen LogP contribution in [0.4, 0.5) is 4.39 Å². The standard InChI is InChI=1S/C23H33FN6O5/c1-14(28-19(31)11-7-15-5-8-16(24)9-6-15)23(35)30-18(22(27)34)10-12-20(32)29-17(21(26)33)4-2-3-13-25/h5-9,11,14,17-18H,2-4,10,12-13,25H2,1H3,(H2,26,33)(H2,27,34)(H,28,31)(H,29,32)(H,30,35)/b11-7+/t14?,17?,18-/m0/s1. The number of hydrogen-bond donors (Lipinski definition) is 6. The third-order valence-corrected chi connectivity index (χ3v) is 4.99. The van der Waals surface area contributed by atoms with Gasteiger partial charge in [0.25, 0.3) is 0 Å². The number of nitrogens with one attached hydrogen (secondary N) is 3. The lowest BCUT2D eigenvalue weighted by Crippen LogP contribution is -2.52. The smallest absolute Gasteiger partial charge is 0.244 e. The van der Waals surface area contributed by atoms with E-state index >= 15 is 0 Å². The highest BCUT2D eigenvalue weighted by Crippen LogP contribution is 2.05. The van der Waals surface area contributed by atoms with Gasteiger partial charge in [0.05, 0.1) is 0 Å². The summed E-state index contributed by atoms with van der Waals surface area (Å²) in [6, 6.07) is 2.39. The van der Waals surface area contributed by atoms with E-state index in [9.17, 15) is 28.4 Å². The molecule has 1 aromatic rings. The Kier molecular flexibility index (Phi) is 12.7. The van der Waals surface area contributed by atoms with Crippen LogP contribution < -0.4 is 33.2 Å². The van der Waals surface area contributed by atoms with Crippen molar-refractivity contribution in [2.45, 2.75) is 57.2 Å². The number of carbonyl (C=O) groups excluding carboxylic acids is 5. The van der Waals surface area contributed by atoms with Gasteiger partial charge in [0.1, 0.15) is 23.9 Å². The minimum absolute atomic E-state index is 0.119. The Morgan fingerprint density at radius 2 is 1.51 bits per heavy atom. The summed E-state index contributed by atoms with van der Waals surface area (Å²) < 4.78 is 12.9. The molecule has 1 aromatic carbocycles. The molecular formula is C23H33FN6O5. The molecule has 12 heteroatoms. The number of nitrogens with two attached hydrogens (primary N) is 3. The maximum absolute atomic E-state index is 12.9. The molecule has 0 spiro atoms. The van der Waals surface area contributed by atoms with Crippen molar-refractivity contribution >= 4 is 35.6 Å². The van der Waals surface area contributed by atoms with Gasteiger partial charge in [-0.05, 0) is 62.9 Å². The summed E-state index contributed by atoms with van der Waals surface area (Å²) in [7, 11) is 0. The van der Waals surface area contributed by atoms with E-state index in [0.29, 0.717) is 31.4 Å². The Hall–Kier alpha value is -3.80. The van der Waals surface area contributed by atoms with Crippen LogP contribution in [0, 0.1) is 5.82 Å². The highest BCUT2D eigenvalue weighted by molar-refractivity contribution is 5.96. The number of amides is 5. The highest BCUT2D eigenvalue weighted by Gasteiger charge is 2.24. The Bertz CT molecular complexity index is 921. The molecule has 0 aliphatic heterocycles. The van der Waals surface area contributed by atoms with Gasteiger partial charge in [0.2, 0.25) is 29.5 Å². The average Bonchev–Trinajstić information content (AvgIpc) is 2.80. The van der Waals surface area contributed by atoms with Gasteiger partial charge in [-0.2, -0.15) is 0 Å². The number of unbranched alkanes of at least 4 members (excludes halogenated alkanes) is 1. The lowest BCUT2D eigenvalue weighted by molar-refractivity contribution is -0.131. The molecule has 2 unspecified atom stereocenters. The number of rotatable bonds is 15. The molecule has 11 nitrogen and oxygen atoms in total. The maximum atomic E-state index is 12.9. The van der Waals surface area contributed by atoms with E-state index in [1.807, 2.05) is 0 Å². The minimum atomic E-state index is -1.17. The largest absolute Gasteiger partial charge is 0.368 e. The number of carbonyl (C=O) groups is 5. The van der Waals surface area contributed by atoms with E-state index in [4.69, 9.17) is 17.2 Å². The normalized spacial score (nSPS) is 13.5. The first-order valence-corrected chi connectivity index (χ1v) is 11.2. The molecule has 0 heterocycles. The summed E-state index contributed by atoms with van der Waals surface area (Å²) in [5.74, 6) is -3.76. The Morgan fingerprint density at radius 1 is 0.914 bits per heavy atom. The first kappa shape index (κ1) is 29.2. The number of primary amides is 2. The Balaban J connectivity index is 2.56. The lowest BCUT2D eigenvalue weighted by Gasteiger charge is -2.20. The zero-order chi connectivity index (χ0) is 26.4. The third-order valence-electron chi connectivity index (χ3n) is 4.99. The van der Waals surface area contributed by atoms with Gasteiger partial charge in [-0.1, -0.05) is 12.1 Å². The third kappa shape index (κ3) is 11.8. The molecular weight excluding hydrogens is 459 g/mol. The molecule has 5 amide bonds. The summed E-state index contributed by atoms with van der Waals surface area (Å²) >= 11 is 0. The van der Waals surface area contributed by atoms with Crippen molar-refractivity contribution in [3.8, 4) is 0 Å². The molecule has 0 radical (unpaired) electrons. The fourth-order valence-corrected chi connectivity index (χ4v) is 2.98. The van der Waals surface area contributed by atoms with Crippen LogP contribution in [-0.2, 0) is 24.0 Å². The molecule has 0 fully saturated rings. The van der Waals surface area contributed by atoms with Crippen LogP contribution in [0.5, 0.6) is 0 Å². The Labute approximate surface area is 203 Å². The molecule has 0 aromatic heterocycles. The van der Waals surface area contributed by atoms with Crippen molar-refractivity contribution in [2.75, 3.05) is 6.54 Å². The topological polar surface area (TPSA) is 200 Å². The van der Waals surface area contributed by atoms with Gasteiger partial charge in [0, 0.05) is 12.5 Å². The van der Waals surface area contributed by atoms with E-state index in [2.05, 4.69) is 16.0 Å². The summed E-state index contributed by atoms with van der Waals surface area (Å²) in [5.41, 5.74) is 16.6. The van der Waals surface area contributed by atoms with Crippen molar-refractivity contribution in [1.82, 2.24) is 16.0 Å². The number of benzene rings is 1. The van der Waals surface area contributed by atoms with Gasteiger partial charge in [-0.25, -0.2) is 4.39 Å². The second-order valence-electron chi connectivity index (χ2n) is 7.92. The number of hydrogen-bond acceptors (Lipinski definition) is 6. The molecule has 0 saturated heterocycles. The van der Waals surface area contributed by atoms with Gasteiger partial charge >= 0.3 is 0 Å². The van der Waals surface area contributed by atoms with E-state index in [0.717, 1.165) is 0 Å². The number of halogens is 1. The van der Waals surface area contributed by atoms with Gasteiger partial charge in [-0.15, -0.1) is 0 Å². The second-order valence-corrected chi connectivity index (χ2v) is 7.92. The van der Waals surface area contributed by atoms with E-state index < -0.39 is 53.5 Å². The monoisotopic (exact) mass is 492 g/mol. The van der Waals surface area contributed by atoms with Crippen LogP contribution in [0.2, 0.25) is 0 Å². The van der Waals surface area contributed by atoms with Crippen molar-refractivity contribution < 1.29 is 28.4 Å². The SMILES string of the molecule is CC(NC(=O)/C=C/c1ccc(F)cc1)C(=O)N[C@@H](CCC(=O)NC(CCCCN)C(N)=O)C(N)=O. The quantitative estimate of drug-likeness (QED) is 0.137. The first-order valence-electron chi connectivity index (χ1n) is 11.2. The molecule has 1 rings (SSSR count). The fourth-order valence-electron chi connectivity index (χ4n) is 2.98. The lowest BCUT2D eigenvalue weighted by atomic mass is 10.1. The van der Waals surface area contributed by atoms with Crippen molar-refractivity contribution in [3.05, 3.63) is 41.7 Å².